The van der Waals surface area contributed by atoms with Crippen molar-refractivity contribution in [2.24, 2.45) is 34.5 Å². The second kappa shape index (κ2) is 6.64. The fraction of sp³-hybridized carbons (Fsp3) is 1.00. The summed E-state index contributed by atoms with van der Waals surface area (Å²) in [5, 5.41) is 21.7. The highest BCUT2D eigenvalue weighted by molar-refractivity contribution is 7.80. The van der Waals surface area contributed by atoms with E-state index in [4.69, 9.17) is 8.74 Å². The van der Waals surface area contributed by atoms with Crippen molar-refractivity contribution in [1.29, 1.82) is 0 Å². The van der Waals surface area contributed by atoms with Gasteiger partial charge >= 0.3 is 10.4 Å². The molecule has 4 aliphatic rings. The van der Waals surface area contributed by atoms with Crippen molar-refractivity contribution in [2.75, 3.05) is 0 Å². The van der Waals surface area contributed by atoms with Gasteiger partial charge in [0.2, 0.25) is 0 Å². The molecule has 3 N–H and O–H groups in total. The standard InChI is InChI=1S/C21H36O6S/c1-13(27-28(24,25)26)21(23)11-8-18-16-5-4-14-12-15(22)6-9-19(14,2)17(16)7-10-20(18,21)3/h13-18,22-23H,4-12H2,1-3H3,(H,24,25,26)/t13-,14+,15+,16+,17-,18-,19-,20-,21-/m0/s1. The summed E-state index contributed by atoms with van der Waals surface area (Å²) >= 11 is 0. The van der Waals surface area contributed by atoms with E-state index in [9.17, 15) is 18.6 Å². The molecule has 0 radical (unpaired) electrons. The number of rotatable bonds is 3. The third-order valence-corrected chi connectivity index (χ3v) is 10.3. The Bertz CT molecular complexity index is 724. The third kappa shape index (κ3) is 2.99. The van der Waals surface area contributed by atoms with Crippen molar-refractivity contribution in [3.05, 3.63) is 0 Å². The van der Waals surface area contributed by atoms with Crippen LogP contribution in [0.3, 0.4) is 0 Å². The van der Waals surface area contributed by atoms with Crippen LogP contribution in [0.15, 0.2) is 0 Å². The minimum atomic E-state index is -4.60. The molecule has 4 aliphatic carbocycles. The average molecular weight is 417 g/mol. The molecule has 0 amide bonds. The fourth-order valence-electron chi connectivity index (χ4n) is 8.22. The van der Waals surface area contributed by atoms with Crippen molar-refractivity contribution in [3.8, 4) is 0 Å². The molecular formula is C21H36O6S. The summed E-state index contributed by atoms with van der Waals surface area (Å²) in [5.74, 6) is 2.07. The molecule has 0 aromatic heterocycles. The quantitative estimate of drug-likeness (QED) is 0.610. The maximum Gasteiger partial charge on any atom is 0.397 e. The van der Waals surface area contributed by atoms with Crippen LogP contribution in [0.5, 0.6) is 0 Å². The van der Waals surface area contributed by atoms with E-state index in [1.54, 1.807) is 6.92 Å². The first-order valence-corrected chi connectivity index (χ1v) is 12.3. The molecule has 7 heteroatoms. The lowest BCUT2D eigenvalue weighted by Crippen LogP contribution is -2.59. The minimum Gasteiger partial charge on any atom is -0.393 e. The van der Waals surface area contributed by atoms with Gasteiger partial charge in [0.25, 0.3) is 0 Å². The molecule has 0 aromatic rings. The second-order valence-electron chi connectivity index (χ2n) is 10.7. The van der Waals surface area contributed by atoms with Gasteiger partial charge in [0.05, 0.1) is 11.7 Å². The van der Waals surface area contributed by atoms with Crippen LogP contribution in [0, 0.1) is 34.5 Å². The van der Waals surface area contributed by atoms with Crippen molar-refractivity contribution in [1.82, 2.24) is 0 Å². The number of hydrogen-bond donors (Lipinski definition) is 3. The molecule has 0 bridgehead atoms. The molecule has 0 saturated heterocycles. The zero-order valence-corrected chi connectivity index (χ0v) is 18.1. The highest BCUT2D eigenvalue weighted by Crippen LogP contribution is 2.68. The molecule has 9 atom stereocenters. The van der Waals surface area contributed by atoms with Crippen molar-refractivity contribution in [3.63, 3.8) is 0 Å². The zero-order valence-electron chi connectivity index (χ0n) is 17.3. The normalized spacial score (nSPS) is 52.4. The predicted molar refractivity (Wildman–Crippen MR) is 105 cm³/mol. The van der Waals surface area contributed by atoms with Crippen LogP contribution in [0.25, 0.3) is 0 Å². The maximum atomic E-state index is 11.6. The third-order valence-electron chi connectivity index (χ3n) is 9.79. The van der Waals surface area contributed by atoms with Gasteiger partial charge in [-0.25, -0.2) is 4.18 Å². The van der Waals surface area contributed by atoms with Crippen molar-refractivity contribution in [2.45, 2.75) is 96.4 Å². The smallest absolute Gasteiger partial charge is 0.393 e. The van der Waals surface area contributed by atoms with Gasteiger partial charge in [-0.05, 0) is 93.8 Å². The number of aliphatic hydroxyl groups excluding tert-OH is 1. The SMILES string of the molecule is C[C@H](OS(=O)(=O)O)[C@@]1(O)CC[C@H]2[C@@H]3CC[C@@H]4C[C@H](O)CC[C@]4(C)[C@H]3CC[C@@]21C. The van der Waals surface area contributed by atoms with E-state index >= 15 is 0 Å². The molecule has 28 heavy (non-hydrogen) atoms. The van der Waals surface area contributed by atoms with E-state index in [2.05, 4.69) is 13.8 Å². The number of hydrogen-bond acceptors (Lipinski definition) is 5. The first kappa shape index (κ1) is 21.0. The lowest BCUT2D eigenvalue weighted by molar-refractivity contribution is -0.182. The van der Waals surface area contributed by atoms with Crippen LogP contribution in [0.2, 0.25) is 0 Å². The van der Waals surface area contributed by atoms with E-state index in [1.165, 1.54) is 0 Å². The lowest BCUT2D eigenvalue weighted by atomic mass is 9.44. The largest absolute Gasteiger partial charge is 0.397 e. The Morgan fingerprint density at radius 3 is 2.36 bits per heavy atom. The molecule has 0 unspecified atom stereocenters. The molecule has 0 heterocycles. The van der Waals surface area contributed by atoms with E-state index in [0.717, 1.165) is 51.4 Å². The van der Waals surface area contributed by atoms with Crippen LogP contribution in [-0.4, -0.2) is 41.0 Å². The highest BCUT2D eigenvalue weighted by atomic mass is 32.3. The Morgan fingerprint density at radius 2 is 1.68 bits per heavy atom. The molecule has 0 aliphatic heterocycles. The van der Waals surface area contributed by atoms with Gasteiger partial charge in [0.15, 0.2) is 0 Å². The summed E-state index contributed by atoms with van der Waals surface area (Å²) in [6.45, 7) is 6.09. The van der Waals surface area contributed by atoms with Crippen LogP contribution in [-0.2, 0) is 14.6 Å². The van der Waals surface area contributed by atoms with Gasteiger partial charge in [-0.2, -0.15) is 8.42 Å². The fourth-order valence-corrected chi connectivity index (χ4v) is 8.74. The van der Waals surface area contributed by atoms with Crippen LogP contribution >= 0.6 is 0 Å². The topological polar surface area (TPSA) is 104 Å². The van der Waals surface area contributed by atoms with Gasteiger partial charge in [0.1, 0.15) is 6.10 Å². The summed E-state index contributed by atoms with van der Waals surface area (Å²) in [6.07, 6.45) is 7.29. The maximum absolute atomic E-state index is 11.6. The summed E-state index contributed by atoms with van der Waals surface area (Å²) in [6, 6.07) is 0. The molecule has 4 fully saturated rings. The molecule has 4 saturated carbocycles. The zero-order chi connectivity index (χ0) is 20.5. The van der Waals surface area contributed by atoms with Crippen LogP contribution in [0.1, 0.15) is 78.6 Å². The van der Waals surface area contributed by atoms with Gasteiger partial charge in [-0.15, -0.1) is 0 Å². The molecule has 0 spiro atoms. The van der Waals surface area contributed by atoms with Crippen molar-refractivity contribution < 1.29 is 27.4 Å². The average Bonchev–Trinajstić information content (AvgIpc) is 2.87. The number of fused-ring (bicyclic) bond motifs is 5. The Balaban J connectivity index is 1.60. The van der Waals surface area contributed by atoms with Gasteiger partial charge in [-0.3, -0.25) is 4.55 Å². The van der Waals surface area contributed by atoms with E-state index < -0.39 is 27.5 Å². The lowest BCUT2D eigenvalue weighted by Gasteiger charge is -2.62. The van der Waals surface area contributed by atoms with E-state index in [1.807, 2.05) is 0 Å². The Kier molecular flexibility index (Phi) is 4.99. The summed E-state index contributed by atoms with van der Waals surface area (Å²) in [4.78, 5) is 0. The molecule has 0 aromatic carbocycles. The first-order chi connectivity index (χ1) is 12.9. The predicted octanol–water partition coefficient (Wildman–Crippen LogP) is 3.33. The minimum absolute atomic E-state index is 0.154. The Labute approximate surface area is 169 Å². The summed E-state index contributed by atoms with van der Waals surface area (Å²) < 4.78 is 36.5. The first-order valence-electron chi connectivity index (χ1n) is 11.0. The Hall–Kier alpha value is -0.210. The van der Waals surface area contributed by atoms with Gasteiger partial charge in [0, 0.05) is 5.41 Å². The van der Waals surface area contributed by atoms with Crippen molar-refractivity contribution >= 4 is 10.4 Å². The van der Waals surface area contributed by atoms with Gasteiger partial charge < -0.3 is 10.2 Å². The van der Waals surface area contributed by atoms with Gasteiger partial charge in [-0.1, -0.05) is 13.8 Å². The Morgan fingerprint density at radius 1 is 1.00 bits per heavy atom. The summed E-state index contributed by atoms with van der Waals surface area (Å²) in [7, 11) is -4.60. The number of aliphatic hydroxyl groups is 2. The highest BCUT2D eigenvalue weighted by Gasteiger charge is 2.66. The molecular weight excluding hydrogens is 380 g/mol. The monoisotopic (exact) mass is 416 g/mol. The van der Waals surface area contributed by atoms with E-state index in [0.29, 0.717) is 30.1 Å². The van der Waals surface area contributed by atoms with Crippen LogP contribution < -0.4 is 0 Å². The van der Waals surface area contributed by atoms with Crippen LogP contribution in [0.4, 0.5) is 0 Å². The van der Waals surface area contributed by atoms with E-state index in [-0.39, 0.29) is 11.5 Å². The molecule has 6 nitrogen and oxygen atoms in total. The molecule has 162 valence electrons. The summed E-state index contributed by atoms with van der Waals surface area (Å²) in [5.41, 5.74) is -1.39. The molecule has 4 rings (SSSR count). The second-order valence-corrected chi connectivity index (χ2v) is 11.7.